The van der Waals surface area contributed by atoms with Crippen LogP contribution in [-0.4, -0.2) is 16.2 Å². The highest BCUT2D eigenvalue weighted by Crippen LogP contribution is 2.46. The van der Waals surface area contributed by atoms with E-state index in [4.69, 9.17) is 4.42 Å². The van der Waals surface area contributed by atoms with Gasteiger partial charge in [-0.3, -0.25) is 0 Å². The maximum atomic E-state index is 11.8. The number of hydrogen-bond donors (Lipinski definition) is 2. The van der Waals surface area contributed by atoms with E-state index in [1.807, 2.05) is 60.7 Å². The first kappa shape index (κ1) is 16.4. The Labute approximate surface area is 157 Å². The molecule has 0 amide bonds. The molecule has 0 unspecified atom stereocenters. The van der Waals surface area contributed by atoms with Crippen LogP contribution in [0.3, 0.4) is 0 Å². The summed E-state index contributed by atoms with van der Waals surface area (Å²) >= 11 is 3.32. The van der Waals surface area contributed by atoms with Gasteiger partial charge in [-0.25, -0.2) is 4.79 Å². The zero-order chi connectivity index (χ0) is 18.3. The van der Waals surface area contributed by atoms with E-state index >= 15 is 0 Å². The number of aromatic carboxylic acids is 1. The van der Waals surface area contributed by atoms with E-state index in [1.165, 1.54) is 6.07 Å². The van der Waals surface area contributed by atoms with Crippen LogP contribution in [0.2, 0.25) is 0 Å². The summed E-state index contributed by atoms with van der Waals surface area (Å²) in [5.41, 5.74) is 2.64. The van der Waals surface area contributed by atoms with E-state index in [2.05, 4.69) is 15.9 Å². The Morgan fingerprint density at radius 2 is 1.50 bits per heavy atom. The Morgan fingerprint density at radius 3 is 2.08 bits per heavy atom. The number of carboxylic acid groups (broad SMARTS) is 1. The van der Waals surface area contributed by atoms with Gasteiger partial charge in [-0.1, -0.05) is 60.7 Å². The van der Waals surface area contributed by atoms with Crippen molar-refractivity contribution in [3.8, 4) is 28.2 Å². The van der Waals surface area contributed by atoms with Gasteiger partial charge in [0.1, 0.15) is 16.0 Å². The summed E-state index contributed by atoms with van der Waals surface area (Å²) in [7, 11) is 0. The summed E-state index contributed by atoms with van der Waals surface area (Å²) < 4.78 is 6.40. The number of phenolic OH excluding ortho intramolecular Hbond substituents is 1. The third-order valence-electron chi connectivity index (χ3n) is 4.21. The van der Waals surface area contributed by atoms with Crippen LogP contribution in [0.25, 0.3) is 33.4 Å². The fraction of sp³-hybridized carbons (Fsp3) is 0. The lowest BCUT2D eigenvalue weighted by atomic mass is 9.96. The fourth-order valence-corrected chi connectivity index (χ4v) is 3.47. The van der Waals surface area contributed by atoms with Crippen molar-refractivity contribution >= 4 is 32.9 Å². The van der Waals surface area contributed by atoms with Crippen LogP contribution in [0.15, 0.2) is 75.6 Å². The first-order chi connectivity index (χ1) is 12.6. The molecule has 0 bridgehead atoms. The molecule has 0 spiro atoms. The zero-order valence-corrected chi connectivity index (χ0v) is 15.0. The average molecular weight is 409 g/mol. The van der Waals surface area contributed by atoms with Crippen molar-refractivity contribution in [3.63, 3.8) is 0 Å². The van der Waals surface area contributed by atoms with Gasteiger partial charge in [0.05, 0.1) is 5.56 Å². The van der Waals surface area contributed by atoms with Crippen LogP contribution in [0.4, 0.5) is 0 Å². The topological polar surface area (TPSA) is 70.7 Å². The van der Waals surface area contributed by atoms with Crippen LogP contribution in [0, 0.1) is 0 Å². The number of fused-ring (bicyclic) bond motifs is 1. The van der Waals surface area contributed by atoms with Crippen molar-refractivity contribution in [2.24, 2.45) is 0 Å². The van der Waals surface area contributed by atoms with Crippen LogP contribution < -0.4 is 0 Å². The fourth-order valence-electron chi connectivity index (χ4n) is 3.07. The molecule has 128 valence electrons. The smallest absolute Gasteiger partial charge is 0.336 e. The van der Waals surface area contributed by atoms with Gasteiger partial charge in [0.2, 0.25) is 0 Å². The Bertz CT molecular complexity index is 1120. The lowest BCUT2D eigenvalue weighted by Crippen LogP contribution is -1.98. The molecule has 0 aliphatic carbocycles. The Kier molecular flexibility index (Phi) is 4.01. The molecule has 2 N–H and O–H groups in total. The monoisotopic (exact) mass is 408 g/mol. The number of hydrogen-bond acceptors (Lipinski definition) is 3. The van der Waals surface area contributed by atoms with Gasteiger partial charge < -0.3 is 14.6 Å². The van der Waals surface area contributed by atoms with Crippen LogP contribution in [0.5, 0.6) is 5.75 Å². The van der Waals surface area contributed by atoms with Crippen LogP contribution in [0.1, 0.15) is 10.4 Å². The minimum absolute atomic E-state index is 0.00881. The number of rotatable bonds is 3. The van der Waals surface area contributed by atoms with Crippen molar-refractivity contribution < 1.29 is 19.4 Å². The molecule has 4 aromatic rings. The summed E-state index contributed by atoms with van der Waals surface area (Å²) in [6.07, 6.45) is 0. The molecule has 0 saturated carbocycles. The van der Waals surface area contributed by atoms with Crippen LogP contribution in [-0.2, 0) is 0 Å². The van der Waals surface area contributed by atoms with E-state index < -0.39 is 5.97 Å². The SMILES string of the molecule is O=C(O)c1cc(O)c(Br)c2oc(-c3ccccc3)c(-c3ccccc3)c12. The minimum atomic E-state index is -1.13. The summed E-state index contributed by atoms with van der Waals surface area (Å²) in [5.74, 6) is -0.751. The lowest BCUT2D eigenvalue weighted by molar-refractivity contribution is 0.0698. The first-order valence-electron chi connectivity index (χ1n) is 7.90. The quantitative estimate of drug-likeness (QED) is 0.440. The molecule has 3 aromatic carbocycles. The number of phenols is 1. The molecule has 1 heterocycles. The predicted molar refractivity (Wildman–Crippen MR) is 103 cm³/mol. The second kappa shape index (κ2) is 6.35. The van der Waals surface area contributed by atoms with Gasteiger partial charge in [-0.2, -0.15) is 0 Å². The van der Waals surface area contributed by atoms with Gasteiger partial charge in [0.25, 0.3) is 0 Å². The highest BCUT2D eigenvalue weighted by atomic mass is 79.9. The van der Waals surface area contributed by atoms with E-state index in [0.717, 1.165) is 11.1 Å². The van der Waals surface area contributed by atoms with Crippen molar-refractivity contribution in [2.75, 3.05) is 0 Å². The summed E-state index contributed by atoms with van der Waals surface area (Å²) in [6.45, 7) is 0. The van der Waals surface area contributed by atoms with Crippen LogP contribution >= 0.6 is 15.9 Å². The molecule has 0 aliphatic rings. The van der Waals surface area contributed by atoms with Crippen molar-refractivity contribution in [1.82, 2.24) is 0 Å². The highest BCUT2D eigenvalue weighted by Gasteiger charge is 2.26. The maximum Gasteiger partial charge on any atom is 0.336 e. The van der Waals surface area contributed by atoms with Gasteiger partial charge in [0, 0.05) is 16.5 Å². The molecular weight excluding hydrogens is 396 g/mol. The second-order valence-electron chi connectivity index (χ2n) is 5.80. The van der Waals surface area contributed by atoms with E-state index in [9.17, 15) is 15.0 Å². The molecule has 4 nitrogen and oxygen atoms in total. The van der Waals surface area contributed by atoms with E-state index in [-0.39, 0.29) is 11.3 Å². The number of furan rings is 1. The van der Waals surface area contributed by atoms with E-state index in [0.29, 0.717) is 26.8 Å². The molecule has 4 rings (SSSR count). The molecule has 0 radical (unpaired) electrons. The number of halogens is 1. The minimum Gasteiger partial charge on any atom is -0.507 e. The largest absolute Gasteiger partial charge is 0.507 e. The number of carbonyl (C=O) groups is 1. The van der Waals surface area contributed by atoms with Crippen molar-refractivity contribution in [1.29, 1.82) is 0 Å². The Hall–Kier alpha value is -3.05. The third kappa shape index (κ3) is 2.57. The number of carboxylic acids is 1. The van der Waals surface area contributed by atoms with Gasteiger partial charge in [0.15, 0.2) is 5.58 Å². The third-order valence-corrected chi connectivity index (χ3v) is 4.98. The zero-order valence-electron chi connectivity index (χ0n) is 13.4. The lowest BCUT2D eigenvalue weighted by Gasteiger charge is -2.06. The van der Waals surface area contributed by atoms with Gasteiger partial charge in [-0.15, -0.1) is 0 Å². The van der Waals surface area contributed by atoms with Gasteiger partial charge in [-0.05, 0) is 27.6 Å². The molecule has 26 heavy (non-hydrogen) atoms. The standard InChI is InChI=1S/C21H13BrO4/c22-18-15(23)11-14(21(24)25)17-16(12-7-3-1-4-8-12)19(26-20(17)18)13-9-5-2-6-10-13/h1-11,23H,(H,24,25). The normalized spacial score (nSPS) is 11.0. The van der Waals surface area contributed by atoms with Crippen molar-refractivity contribution in [3.05, 3.63) is 76.8 Å². The van der Waals surface area contributed by atoms with Gasteiger partial charge >= 0.3 is 5.97 Å². The molecule has 0 aliphatic heterocycles. The Morgan fingerprint density at radius 1 is 0.923 bits per heavy atom. The van der Waals surface area contributed by atoms with E-state index in [1.54, 1.807) is 0 Å². The Balaban J connectivity index is 2.20. The second-order valence-corrected chi connectivity index (χ2v) is 6.60. The van der Waals surface area contributed by atoms with Crippen molar-refractivity contribution in [2.45, 2.75) is 0 Å². The molecule has 0 fully saturated rings. The summed E-state index contributed by atoms with van der Waals surface area (Å²) in [4.78, 5) is 11.8. The maximum absolute atomic E-state index is 11.8. The molecule has 0 atom stereocenters. The molecule has 5 heteroatoms. The number of aromatic hydroxyl groups is 1. The highest BCUT2D eigenvalue weighted by molar-refractivity contribution is 9.10. The summed E-state index contributed by atoms with van der Waals surface area (Å²) in [6, 6.07) is 20.2. The average Bonchev–Trinajstić information content (AvgIpc) is 3.06. The molecular formula is C21H13BrO4. The first-order valence-corrected chi connectivity index (χ1v) is 8.69. The predicted octanol–water partition coefficient (Wildman–Crippen LogP) is 5.93. The molecule has 1 aromatic heterocycles. The summed E-state index contributed by atoms with van der Waals surface area (Å²) in [5, 5.41) is 20.3. The number of benzene rings is 3. The molecule has 0 saturated heterocycles.